The SMILES string of the molecule is N=C(N=CN)c1ccc2[nH]nc(-c3cccc(NC(=O)C(=O)c4ccccc4)c3)c2c1. The summed E-state index contributed by atoms with van der Waals surface area (Å²) >= 11 is 0. The van der Waals surface area contributed by atoms with Gasteiger partial charge in [0.1, 0.15) is 0 Å². The number of carbonyl (C=O) groups excluding carboxylic acids is 2. The van der Waals surface area contributed by atoms with Gasteiger partial charge in [0, 0.05) is 27.8 Å². The summed E-state index contributed by atoms with van der Waals surface area (Å²) in [6.45, 7) is 0. The van der Waals surface area contributed by atoms with Crippen LogP contribution in [0.4, 0.5) is 5.69 Å². The number of amidine groups is 1. The zero-order valence-electron chi connectivity index (χ0n) is 16.3. The van der Waals surface area contributed by atoms with Crippen molar-refractivity contribution < 1.29 is 9.59 Å². The van der Waals surface area contributed by atoms with E-state index in [9.17, 15) is 9.59 Å². The normalized spacial score (nSPS) is 11.0. The highest BCUT2D eigenvalue weighted by Crippen LogP contribution is 2.29. The van der Waals surface area contributed by atoms with E-state index in [0.29, 0.717) is 22.5 Å². The Morgan fingerprint density at radius 3 is 2.58 bits per heavy atom. The Labute approximate surface area is 177 Å². The number of hydrogen-bond donors (Lipinski definition) is 4. The fraction of sp³-hybridized carbons (Fsp3) is 0. The molecule has 0 unspecified atom stereocenters. The standard InChI is InChI=1S/C23H18N6O2/c24-13-26-22(25)16-9-10-19-18(12-16)20(29-28-19)15-7-4-8-17(11-15)27-23(31)21(30)14-5-2-1-3-6-14/h1-13H,(H,27,31)(H,28,29)(H3,24,25,26). The van der Waals surface area contributed by atoms with E-state index in [-0.39, 0.29) is 5.84 Å². The number of ketones is 1. The molecule has 0 fully saturated rings. The number of nitrogens with two attached hydrogens (primary N) is 1. The number of aliphatic imine (C=N–C) groups is 1. The Kier molecular flexibility index (Phi) is 5.35. The van der Waals surface area contributed by atoms with E-state index < -0.39 is 11.7 Å². The largest absolute Gasteiger partial charge is 0.390 e. The van der Waals surface area contributed by atoms with Crippen molar-refractivity contribution in [3.8, 4) is 11.3 Å². The Morgan fingerprint density at radius 2 is 1.81 bits per heavy atom. The number of fused-ring (bicyclic) bond motifs is 1. The van der Waals surface area contributed by atoms with Crippen molar-refractivity contribution in [2.24, 2.45) is 10.7 Å². The molecule has 0 saturated heterocycles. The molecule has 8 nitrogen and oxygen atoms in total. The van der Waals surface area contributed by atoms with Gasteiger partial charge in [-0.05, 0) is 30.3 Å². The molecule has 0 bridgehead atoms. The fourth-order valence-electron chi connectivity index (χ4n) is 3.18. The van der Waals surface area contributed by atoms with Gasteiger partial charge in [-0.25, -0.2) is 4.99 Å². The minimum absolute atomic E-state index is 0.0389. The molecule has 0 aliphatic rings. The molecule has 3 aromatic carbocycles. The average molecular weight is 410 g/mol. The Hall–Kier alpha value is -4.59. The van der Waals surface area contributed by atoms with E-state index in [1.54, 1.807) is 60.7 Å². The molecule has 0 radical (unpaired) electrons. The molecule has 4 rings (SSSR count). The Morgan fingerprint density at radius 1 is 1.00 bits per heavy atom. The molecule has 31 heavy (non-hydrogen) atoms. The number of aromatic amines is 1. The van der Waals surface area contributed by atoms with E-state index in [2.05, 4.69) is 20.5 Å². The number of hydrogen-bond acceptors (Lipinski definition) is 4. The average Bonchev–Trinajstić information content (AvgIpc) is 3.23. The molecule has 8 heteroatoms. The first-order valence-electron chi connectivity index (χ1n) is 9.39. The number of Topliss-reactive ketones (excluding diaryl/α,β-unsaturated/α-hetero) is 1. The first kappa shape index (κ1) is 19.7. The van der Waals surface area contributed by atoms with Gasteiger partial charge in [-0.2, -0.15) is 5.10 Å². The summed E-state index contributed by atoms with van der Waals surface area (Å²) < 4.78 is 0. The topological polar surface area (TPSA) is 137 Å². The third kappa shape index (κ3) is 4.08. The Bertz CT molecular complexity index is 1320. The van der Waals surface area contributed by atoms with Crippen LogP contribution in [0, 0.1) is 5.41 Å². The lowest BCUT2D eigenvalue weighted by atomic mass is 10.0. The quantitative estimate of drug-likeness (QED) is 0.173. The Balaban J connectivity index is 1.63. The molecule has 0 spiro atoms. The van der Waals surface area contributed by atoms with E-state index >= 15 is 0 Å². The predicted molar refractivity (Wildman–Crippen MR) is 120 cm³/mol. The summed E-state index contributed by atoms with van der Waals surface area (Å²) in [7, 11) is 0. The summed E-state index contributed by atoms with van der Waals surface area (Å²) in [6, 6.07) is 20.8. The monoisotopic (exact) mass is 410 g/mol. The first-order valence-corrected chi connectivity index (χ1v) is 9.39. The van der Waals surface area contributed by atoms with E-state index in [4.69, 9.17) is 11.1 Å². The van der Waals surface area contributed by atoms with Crippen LogP contribution < -0.4 is 11.1 Å². The fourth-order valence-corrected chi connectivity index (χ4v) is 3.18. The molecule has 5 N–H and O–H groups in total. The van der Waals surface area contributed by atoms with Gasteiger partial charge in [-0.1, -0.05) is 42.5 Å². The van der Waals surface area contributed by atoms with Gasteiger partial charge in [0.25, 0.3) is 11.7 Å². The van der Waals surface area contributed by atoms with Crippen molar-refractivity contribution >= 4 is 40.5 Å². The van der Waals surface area contributed by atoms with Gasteiger partial charge < -0.3 is 11.1 Å². The molecular formula is C23H18N6O2. The summed E-state index contributed by atoms with van der Waals surface area (Å²) in [6.07, 6.45) is 1.08. The van der Waals surface area contributed by atoms with Gasteiger partial charge in [0.2, 0.25) is 0 Å². The van der Waals surface area contributed by atoms with Crippen molar-refractivity contribution in [3.05, 3.63) is 83.9 Å². The lowest BCUT2D eigenvalue weighted by Gasteiger charge is -2.07. The van der Waals surface area contributed by atoms with Crippen molar-refractivity contribution in [2.45, 2.75) is 0 Å². The number of anilines is 1. The third-order valence-electron chi connectivity index (χ3n) is 4.68. The van der Waals surface area contributed by atoms with Crippen molar-refractivity contribution in [3.63, 3.8) is 0 Å². The maximum atomic E-state index is 12.4. The summed E-state index contributed by atoms with van der Waals surface area (Å²) in [5.41, 5.74) is 8.85. The molecule has 1 aromatic heterocycles. The van der Waals surface area contributed by atoms with Crippen molar-refractivity contribution in [1.29, 1.82) is 5.41 Å². The minimum atomic E-state index is -0.717. The minimum Gasteiger partial charge on any atom is -0.390 e. The van der Waals surface area contributed by atoms with Crippen LogP contribution in [0.3, 0.4) is 0 Å². The van der Waals surface area contributed by atoms with Gasteiger partial charge in [0.05, 0.1) is 17.5 Å². The molecule has 0 aliphatic heterocycles. The lowest BCUT2D eigenvalue weighted by molar-refractivity contribution is -0.112. The molecular weight excluding hydrogens is 392 g/mol. The summed E-state index contributed by atoms with van der Waals surface area (Å²) in [4.78, 5) is 28.5. The third-order valence-corrected chi connectivity index (χ3v) is 4.68. The number of nitrogens with zero attached hydrogens (tertiary/aromatic N) is 2. The van der Waals surface area contributed by atoms with Crippen LogP contribution >= 0.6 is 0 Å². The molecule has 0 saturated carbocycles. The molecule has 0 atom stereocenters. The second-order valence-corrected chi connectivity index (χ2v) is 6.69. The van der Waals surface area contributed by atoms with E-state index in [1.165, 1.54) is 0 Å². The van der Waals surface area contributed by atoms with Crippen LogP contribution in [-0.4, -0.2) is 34.1 Å². The van der Waals surface area contributed by atoms with Gasteiger partial charge in [-0.3, -0.25) is 20.1 Å². The number of nitrogens with one attached hydrogen (secondary N) is 3. The molecule has 152 valence electrons. The molecule has 4 aromatic rings. The summed E-state index contributed by atoms with van der Waals surface area (Å²) in [5.74, 6) is -1.29. The number of aromatic nitrogens is 2. The molecule has 0 aliphatic carbocycles. The van der Waals surface area contributed by atoms with Crippen molar-refractivity contribution in [1.82, 2.24) is 10.2 Å². The van der Waals surface area contributed by atoms with E-state index in [0.717, 1.165) is 22.8 Å². The molecule has 1 heterocycles. The van der Waals surface area contributed by atoms with Crippen LogP contribution in [0.25, 0.3) is 22.2 Å². The van der Waals surface area contributed by atoms with Gasteiger partial charge in [0.15, 0.2) is 5.84 Å². The maximum absolute atomic E-state index is 12.4. The zero-order valence-corrected chi connectivity index (χ0v) is 16.3. The van der Waals surface area contributed by atoms with Crippen LogP contribution in [-0.2, 0) is 4.79 Å². The van der Waals surface area contributed by atoms with Crippen LogP contribution in [0.5, 0.6) is 0 Å². The van der Waals surface area contributed by atoms with Crippen LogP contribution in [0.2, 0.25) is 0 Å². The predicted octanol–water partition coefficient (Wildman–Crippen LogP) is 3.36. The number of rotatable bonds is 5. The highest BCUT2D eigenvalue weighted by atomic mass is 16.2. The van der Waals surface area contributed by atoms with Crippen LogP contribution in [0.15, 0.2) is 77.8 Å². The first-order chi connectivity index (χ1) is 15.1. The smallest absolute Gasteiger partial charge is 0.296 e. The highest BCUT2D eigenvalue weighted by molar-refractivity contribution is 6.46. The highest BCUT2D eigenvalue weighted by Gasteiger charge is 2.17. The number of carbonyl (C=O) groups is 2. The second kappa shape index (κ2) is 8.42. The summed E-state index contributed by atoms with van der Waals surface area (Å²) in [5, 5.41) is 18.7. The van der Waals surface area contributed by atoms with Gasteiger partial charge in [-0.15, -0.1) is 0 Å². The van der Waals surface area contributed by atoms with E-state index in [1.807, 2.05) is 12.1 Å². The number of benzene rings is 3. The number of amides is 1. The van der Waals surface area contributed by atoms with Gasteiger partial charge >= 0.3 is 0 Å². The van der Waals surface area contributed by atoms with Crippen molar-refractivity contribution in [2.75, 3.05) is 5.32 Å². The molecule has 1 amide bonds. The number of H-pyrrole nitrogens is 1. The second-order valence-electron chi connectivity index (χ2n) is 6.69. The zero-order chi connectivity index (χ0) is 21.8. The van der Waals surface area contributed by atoms with Crippen LogP contribution in [0.1, 0.15) is 15.9 Å². The maximum Gasteiger partial charge on any atom is 0.296 e. The lowest BCUT2D eigenvalue weighted by Crippen LogP contribution is -2.22.